The van der Waals surface area contributed by atoms with Crippen molar-refractivity contribution >= 4 is 27.9 Å². The van der Waals surface area contributed by atoms with Gasteiger partial charge >= 0.3 is 11.9 Å². The van der Waals surface area contributed by atoms with E-state index < -0.39 is 17.9 Å². The Bertz CT molecular complexity index is 1060. The first kappa shape index (κ1) is 23.3. The van der Waals surface area contributed by atoms with Gasteiger partial charge in [-0.1, -0.05) is 53.4 Å². The summed E-state index contributed by atoms with van der Waals surface area (Å²) in [5.41, 5.74) is 2.56. The zero-order valence-corrected chi connectivity index (χ0v) is 19.5. The number of benzene rings is 1. The topological polar surface area (TPSA) is 77.8 Å². The molecule has 1 N–H and O–H groups in total. The number of allylic oxidation sites excluding steroid dienone is 2. The van der Waals surface area contributed by atoms with Gasteiger partial charge in [-0.25, -0.2) is 9.59 Å². The Morgan fingerprint density at radius 2 is 1.50 bits per heavy atom. The Labute approximate surface area is 195 Å². The molecule has 1 aromatic heterocycles. The number of carbonyl (C=O) groups is 2. The van der Waals surface area contributed by atoms with Crippen LogP contribution in [0.5, 0.6) is 0 Å². The zero-order chi connectivity index (χ0) is 23.3. The van der Waals surface area contributed by atoms with Gasteiger partial charge in [0.05, 0.1) is 17.1 Å². The molecule has 1 aliphatic rings. The van der Waals surface area contributed by atoms with Crippen LogP contribution < -0.4 is 5.32 Å². The van der Waals surface area contributed by atoms with Crippen molar-refractivity contribution in [1.82, 2.24) is 5.32 Å². The van der Waals surface area contributed by atoms with E-state index in [0.717, 1.165) is 10.0 Å². The predicted molar refractivity (Wildman–Crippen MR) is 125 cm³/mol. The fourth-order valence-corrected chi connectivity index (χ4v) is 3.79. The van der Waals surface area contributed by atoms with Gasteiger partial charge in [0.2, 0.25) is 0 Å². The number of carbonyl (C=O) groups excluding carboxylic acids is 2. The predicted octanol–water partition coefficient (Wildman–Crippen LogP) is 5.40. The molecule has 2 heterocycles. The van der Waals surface area contributed by atoms with Crippen LogP contribution in [0.25, 0.3) is 11.3 Å². The number of hydrogen-bond acceptors (Lipinski definition) is 6. The van der Waals surface area contributed by atoms with Crippen LogP contribution in [-0.2, 0) is 19.1 Å². The summed E-state index contributed by atoms with van der Waals surface area (Å²) in [5, 5.41) is 3.10. The monoisotopic (exact) mass is 497 g/mol. The minimum Gasteiger partial charge on any atom is -0.460 e. The number of dihydropyridines is 1. The molecule has 0 aliphatic carbocycles. The molecule has 0 saturated heterocycles. The molecule has 166 valence electrons. The smallest absolute Gasteiger partial charge is 0.337 e. The highest BCUT2D eigenvalue weighted by Gasteiger charge is 2.39. The van der Waals surface area contributed by atoms with Crippen LogP contribution in [-0.4, -0.2) is 25.2 Å². The summed E-state index contributed by atoms with van der Waals surface area (Å²) in [7, 11) is 0. The molecule has 0 amide bonds. The van der Waals surface area contributed by atoms with Crippen LogP contribution in [0.2, 0.25) is 0 Å². The Morgan fingerprint density at radius 3 is 2.00 bits per heavy atom. The molecule has 0 fully saturated rings. The van der Waals surface area contributed by atoms with Gasteiger partial charge in [0.1, 0.15) is 24.7 Å². The van der Waals surface area contributed by atoms with Gasteiger partial charge in [-0.2, -0.15) is 0 Å². The van der Waals surface area contributed by atoms with E-state index in [9.17, 15) is 9.59 Å². The van der Waals surface area contributed by atoms with Crippen LogP contribution in [0.15, 0.2) is 93.1 Å². The van der Waals surface area contributed by atoms with Crippen molar-refractivity contribution in [3.63, 3.8) is 0 Å². The van der Waals surface area contributed by atoms with E-state index in [1.54, 1.807) is 19.9 Å². The number of esters is 2. The van der Waals surface area contributed by atoms with E-state index in [0.29, 0.717) is 22.9 Å². The number of halogens is 1. The minimum atomic E-state index is -0.796. The van der Waals surface area contributed by atoms with E-state index in [2.05, 4.69) is 34.4 Å². The van der Waals surface area contributed by atoms with E-state index in [1.165, 1.54) is 12.2 Å². The fourth-order valence-electron chi connectivity index (χ4n) is 3.52. The summed E-state index contributed by atoms with van der Waals surface area (Å²) in [6.45, 7) is 10.8. The van der Waals surface area contributed by atoms with Crippen LogP contribution in [0.1, 0.15) is 25.5 Å². The summed E-state index contributed by atoms with van der Waals surface area (Å²) in [4.78, 5) is 25.9. The van der Waals surface area contributed by atoms with Crippen molar-refractivity contribution in [3.8, 4) is 11.3 Å². The Balaban J connectivity index is 2.09. The molecular weight excluding hydrogens is 474 g/mol. The first-order chi connectivity index (χ1) is 15.4. The number of rotatable bonds is 8. The summed E-state index contributed by atoms with van der Waals surface area (Å²) in [5.74, 6) is -0.890. The minimum absolute atomic E-state index is 0.0452. The van der Waals surface area contributed by atoms with Gasteiger partial charge in [0.25, 0.3) is 0 Å². The molecule has 32 heavy (non-hydrogen) atoms. The number of nitrogens with one attached hydrogen (secondary N) is 1. The molecule has 7 heteroatoms. The Hall–Kier alpha value is -3.32. The van der Waals surface area contributed by atoms with Gasteiger partial charge in [0, 0.05) is 21.4 Å². The van der Waals surface area contributed by atoms with Crippen molar-refractivity contribution in [3.05, 3.63) is 94.5 Å². The third-order valence-electron chi connectivity index (χ3n) is 4.90. The molecule has 0 bridgehead atoms. The van der Waals surface area contributed by atoms with Crippen LogP contribution in [0.3, 0.4) is 0 Å². The Kier molecular flexibility index (Phi) is 7.53. The molecule has 0 spiro atoms. The fraction of sp³-hybridized carbons (Fsp3) is 0.200. The van der Waals surface area contributed by atoms with Gasteiger partial charge < -0.3 is 19.2 Å². The molecule has 2 aromatic rings. The van der Waals surface area contributed by atoms with Crippen LogP contribution >= 0.6 is 15.9 Å². The second-order valence-corrected chi connectivity index (χ2v) is 8.03. The normalized spacial score (nSPS) is 14.1. The van der Waals surface area contributed by atoms with E-state index in [4.69, 9.17) is 13.9 Å². The van der Waals surface area contributed by atoms with Gasteiger partial charge in [-0.15, -0.1) is 0 Å². The Morgan fingerprint density at radius 1 is 0.969 bits per heavy atom. The van der Waals surface area contributed by atoms with E-state index in [-0.39, 0.29) is 24.4 Å². The van der Waals surface area contributed by atoms with Crippen molar-refractivity contribution in [2.24, 2.45) is 0 Å². The van der Waals surface area contributed by atoms with Crippen LogP contribution in [0.4, 0.5) is 0 Å². The largest absolute Gasteiger partial charge is 0.460 e. The average Bonchev–Trinajstić information content (AvgIpc) is 3.25. The lowest BCUT2D eigenvalue weighted by Gasteiger charge is -2.29. The van der Waals surface area contributed by atoms with Crippen LogP contribution in [0, 0.1) is 0 Å². The molecule has 0 radical (unpaired) electrons. The lowest BCUT2D eigenvalue weighted by Crippen LogP contribution is -2.32. The van der Waals surface area contributed by atoms with Crippen molar-refractivity contribution in [1.29, 1.82) is 0 Å². The highest BCUT2D eigenvalue weighted by atomic mass is 79.9. The van der Waals surface area contributed by atoms with E-state index >= 15 is 0 Å². The lowest BCUT2D eigenvalue weighted by atomic mass is 9.83. The second-order valence-electron chi connectivity index (χ2n) is 7.12. The zero-order valence-electron chi connectivity index (χ0n) is 17.9. The molecule has 3 rings (SSSR count). The maximum Gasteiger partial charge on any atom is 0.337 e. The summed E-state index contributed by atoms with van der Waals surface area (Å²) in [6.07, 6.45) is 2.97. The SMILES string of the molecule is C=CCOC(=O)C1=C(C)NC(C)=C(C(=O)OCC=C)C1c1ccc(-c2ccc(Br)cc2)o1. The first-order valence-electron chi connectivity index (χ1n) is 9.97. The molecule has 0 atom stereocenters. The second kappa shape index (κ2) is 10.3. The highest BCUT2D eigenvalue weighted by molar-refractivity contribution is 9.10. The number of ether oxygens (including phenoxy) is 2. The molecule has 1 aromatic carbocycles. The number of furan rings is 1. The van der Waals surface area contributed by atoms with Crippen molar-refractivity contribution in [2.75, 3.05) is 13.2 Å². The summed E-state index contributed by atoms with van der Waals surface area (Å²) < 4.78 is 17.7. The van der Waals surface area contributed by atoms with Crippen molar-refractivity contribution in [2.45, 2.75) is 19.8 Å². The average molecular weight is 498 g/mol. The lowest BCUT2D eigenvalue weighted by molar-refractivity contribution is -0.139. The van der Waals surface area contributed by atoms with Gasteiger partial charge in [-0.05, 0) is 38.1 Å². The quantitative estimate of drug-likeness (QED) is 0.388. The summed E-state index contributed by atoms with van der Waals surface area (Å²) in [6, 6.07) is 11.2. The molecule has 1 aliphatic heterocycles. The van der Waals surface area contributed by atoms with Gasteiger partial charge in [0.15, 0.2) is 0 Å². The highest BCUT2D eigenvalue weighted by Crippen LogP contribution is 2.41. The maximum atomic E-state index is 12.9. The third kappa shape index (κ3) is 4.94. The molecule has 0 unspecified atom stereocenters. The summed E-state index contributed by atoms with van der Waals surface area (Å²) >= 11 is 3.42. The standard InChI is InChI=1S/C25H24BrNO5/c1-5-13-30-24(28)21-15(3)27-16(4)22(25(29)31-14-6-2)23(21)20-12-11-19(32-20)17-7-9-18(26)10-8-17/h5-12,23,27H,1-2,13-14H2,3-4H3. The van der Waals surface area contributed by atoms with E-state index in [1.807, 2.05) is 30.3 Å². The molecular formula is C25H24BrNO5. The number of hydrogen-bond donors (Lipinski definition) is 1. The van der Waals surface area contributed by atoms with Crippen molar-refractivity contribution < 1.29 is 23.5 Å². The third-order valence-corrected chi connectivity index (χ3v) is 5.43. The maximum absolute atomic E-state index is 12.9. The molecule has 6 nitrogen and oxygen atoms in total. The first-order valence-corrected chi connectivity index (χ1v) is 10.8. The molecule has 0 saturated carbocycles. The van der Waals surface area contributed by atoms with Gasteiger partial charge in [-0.3, -0.25) is 0 Å².